The van der Waals surface area contributed by atoms with Crippen molar-refractivity contribution in [2.75, 3.05) is 26.7 Å². The summed E-state index contributed by atoms with van der Waals surface area (Å²) in [5.41, 5.74) is 2.60. The Labute approximate surface area is 197 Å². The van der Waals surface area contributed by atoms with Gasteiger partial charge in [0.05, 0.1) is 31.2 Å². The van der Waals surface area contributed by atoms with Crippen molar-refractivity contribution in [3.63, 3.8) is 0 Å². The number of methoxy groups -OCH3 is 1. The van der Waals surface area contributed by atoms with Gasteiger partial charge in [0.2, 0.25) is 0 Å². The zero-order valence-electron chi connectivity index (χ0n) is 18.6. The number of aromatic nitrogens is 1. The second-order valence-corrected chi connectivity index (χ2v) is 9.20. The second kappa shape index (κ2) is 10.8. The van der Waals surface area contributed by atoms with Gasteiger partial charge < -0.3 is 14.9 Å². The Bertz CT molecular complexity index is 1150. The van der Waals surface area contributed by atoms with Crippen LogP contribution in [-0.4, -0.2) is 52.8 Å². The number of rotatable bonds is 7. The summed E-state index contributed by atoms with van der Waals surface area (Å²) in [6.07, 6.45) is 2.95. The van der Waals surface area contributed by atoms with Gasteiger partial charge >= 0.3 is 5.97 Å². The van der Waals surface area contributed by atoms with E-state index in [0.717, 1.165) is 35.0 Å². The van der Waals surface area contributed by atoms with Crippen molar-refractivity contribution in [1.82, 2.24) is 9.88 Å². The molecule has 1 aromatic carbocycles. The largest absolute Gasteiger partial charge is 0.497 e. The van der Waals surface area contributed by atoms with Gasteiger partial charge in [-0.3, -0.25) is 14.7 Å². The standard InChI is InChI=1S/C26H28N2O4S/c1-32-20-5-6-24-22(15-20)21(8-11-27-24)25(29)7-4-19-9-13-28(16-23(19)26(30)31)12-2-3-18-10-14-33-17-18/h5-6,8,10-11,14-15,17,19,23,25,29H,4,7,9,12-13,16H2,1H3,(H,30,31)/t19-,23+,25-/m1/s1. The maximum atomic E-state index is 12.0. The smallest absolute Gasteiger partial charge is 0.308 e. The Morgan fingerprint density at radius 1 is 1.36 bits per heavy atom. The maximum Gasteiger partial charge on any atom is 0.308 e. The molecule has 0 unspecified atom stereocenters. The van der Waals surface area contributed by atoms with Crippen LogP contribution in [0.1, 0.15) is 36.5 Å². The van der Waals surface area contributed by atoms with Crippen LogP contribution in [0.5, 0.6) is 5.75 Å². The molecule has 7 heteroatoms. The van der Waals surface area contributed by atoms with Crippen LogP contribution >= 0.6 is 11.3 Å². The van der Waals surface area contributed by atoms with Gasteiger partial charge in [-0.25, -0.2) is 0 Å². The van der Waals surface area contributed by atoms with Crippen LogP contribution in [0.4, 0.5) is 0 Å². The Hall–Kier alpha value is -2.92. The molecule has 0 amide bonds. The number of carboxylic acid groups (broad SMARTS) is 1. The first-order chi connectivity index (χ1) is 16.0. The third-order valence-electron chi connectivity index (χ3n) is 6.37. The van der Waals surface area contributed by atoms with Crippen LogP contribution in [0.3, 0.4) is 0 Å². The topological polar surface area (TPSA) is 82.9 Å². The van der Waals surface area contributed by atoms with Gasteiger partial charge in [0.1, 0.15) is 5.75 Å². The molecule has 2 aromatic heterocycles. The van der Waals surface area contributed by atoms with Crippen LogP contribution < -0.4 is 4.74 Å². The molecule has 6 nitrogen and oxygen atoms in total. The molecule has 1 fully saturated rings. The zero-order valence-corrected chi connectivity index (χ0v) is 19.4. The first kappa shape index (κ1) is 23.2. The number of hydrogen-bond acceptors (Lipinski definition) is 6. The molecule has 2 N–H and O–H groups in total. The summed E-state index contributed by atoms with van der Waals surface area (Å²) in [4.78, 5) is 18.5. The van der Waals surface area contributed by atoms with Crippen LogP contribution in [-0.2, 0) is 4.79 Å². The van der Waals surface area contributed by atoms with E-state index >= 15 is 0 Å². The molecule has 172 valence electrons. The molecule has 1 saturated heterocycles. The fourth-order valence-electron chi connectivity index (χ4n) is 4.52. The average molecular weight is 465 g/mol. The van der Waals surface area contributed by atoms with E-state index in [2.05, 4.69) is 21.7 Å². The van der Waals surface area contributed by atoms with Crippen molar-refractivity contribution >= 4 is 28.2 Å². The van der Waals surface area contributed by atoms with E-state index < -0.39 is 18.0 Å². The molecule has 3 heterocycles. The average Bonchev–Trinajstić information content (AvgIpc) is 3.35. The molecule has 0 spiro atoms. The molecule has 1 aliphatic heterocycles. The minimum atomic E-state index is -0.774. The summed E-state index contributed by atoms with van der Waals surface area (Å²) in [6.45, 7) is 1.88. The lowest BCUT2D eigenvalue weighted by Gasteiger charge is -2.36. The van der Waals surface area contributed by atoms with Gasteiger partial charge in [0.25, 0.3) is 0 Å². The van der Waals surface area contributed by atoms with Gasteiger partial charge in [0.15, 0.2) is 0 Å². The van der Waals surface area contributed by atoms with E-state index in [9.17, 15) is 15.0 Å². The van der Waals surface area contributed by atoms with E-state index in [1.165, 1.54) is 0 Å². The van der Waals surface area contributed by atoms with Crippen molar-refractivity contribution in [3.8, 4) is 17.6 Å². The summed E-state index contributed by atoms with van der Waals surface area (Å²) in [5, 5.41) is 25.7. The number of carbonyl (C=O) groups is 1. The zero-order chi connectivity index (χ0) is 23.2. The van der Waals surface area contributed by atoms with E-state index in [1.807, 2.05) is 41.1 Å². The molecular formula is C26H28N2O4S. The SMILES string of the molecule is COc1ccc2nccc([C@H](O)CC[C@@H]3CCN(CC#Cc4ccsc4)C[C@@H]3C(=O)O)c2c1. The fourth-order valence-corrected chi connectivity index (χ4v) is 5.11. The molecule has 3 atom stereocenters. The molecule has 0 aliphatic carbocycles. The predicted octanol–water partition coefficient (Wildman–Crippen LogP) is 4.19. The number of carboxylic acids is 1. The Morgan fingerprint density at radius 2 is 2.24 bits per heavy atom. The number of aliphatic carboxylic acids is 1. The molecule has 0 saturated carbocycles. The predicted molar refractivity (Wildman–Crippen MR) is 129 cm³/mol. The number of nitrogens with zero attached hydrogens (tertiary/aromatic N) is 2. The van der Waals surface area contributed by atoms with Crippen molar-refractivity contribution in [1.29, 1.82) is 0 Å². The molecule has 4 rings (SSSR count). The number of aliphatic hydroxyl groups is 1. The first-order valence-electron chi connectivity index (χ1n) is 11.1. The Kier molecular flexibility index (Phi) is 7.61. The highest BCUT2D eigenvalue weighted by atomic mass is 32.1. The summed E-state index contributed by atoms with van der Waals surface area (Å²) in [5.74, 6) is 5.81. The fraction of sp³-hybridized carbons (Fsp3) is 0.385. The first-order valence-corrected chi connectivity index (χ1v) is 12.1. The van der Waals surface area contributed by atoms with Crippen LogP contribution in [0, 0.1) is 23.7 Å². The van der Waals surface area contributed by atoms with Gasteiger partial charge in [-0.05, 0) is 73.0 Å². The minimum absolute atomic E-state index is 0.0286. The molecular weight excluding hydrogens is 436 g/mol. The number of ether oxygens (including phenoxy) is 1. The van der Waals surface area contributed by atoms with E-state index in [0.29, 0.717) is 31.7 Å². The number of thiophene rings is 1. The molecule has 1 aliphatic rings. The van der Waals surface area contributed by atoms with E-state index in [-0.39, 0.29) is 5.92 Å². The van der Waals surface area contributed by atoms with Gasteiger partial charge in [-0.1, -0.05) is 11.8 Å². The third-order valence-corrected chi connectivity index (χ3v) is 7.05. The maximum absolute atomic E-state index is 12.0. The highest BCUT2D eigenvalue weighted by molar-refractivity contribution is 7.08. The quantitative estimate of drug-likeness (QED) is 0.510. The lowest BCUT2D eigenvalue weighted by Crippen LogP contribution is -2.44. The highest BCUT2D eigenvalue weighted by Crippen LogP contribution is 2.33. The molecule has 0 bridgehead atoms. The number of piperidine rings is 1. The Balaban J connectivity index is 1.38. The van der Waals surface area contributed by atoms with Crippen molar-refractivity contribution in [2.24, 2.45) is 11.8 Å². The van der Waals surface area contributed by atoms with Crippen LogP contribution in [0.15, 0.2) is 47.3 Å². The Morgan fingerprint density at radius 3 is 3.00 bits per heavy atom. The van der Waals surface area contributed by atoms with Crippen LogP contribution in [0.2, 0.25) is 0 Å². The highest BCUT2D eigenvalue weighted by Gasteiger charge is 2.34. The number of benzene rings is 1. The number of fused-ring (bicyclic) bond motifs is 1. The second-order valence-electron chi connectivity index (χ2n) is 8.42. The number of likely N-dealkylation sites (tertiary alicyclic amines) is 1. The lowest BCUT2D eigenvalue weighted by atomic mass is 9.81. The number of hydrogen-bond donors (Lipinski definition) is 2. The monoisotopic (exact) mass is 464 g/mol. The minimum Gasteiger partial charge on any atom is -0.497 e. The third kappa shape index (κ3) is 5.72. The molecule has 33 heavy (non-hydrogen) atoms. The molecule has 3 aromatic rings. The normalized spacial score (nSPS) is 19.6. The van der Waals surface area contributed by atoms with E-state index in [1.54, 1.807) is 24.6 Å². The number of aliphatic hydroxyl groups excluding tert-OH is 1. The number of pyridine rings is 1. The van der Waals surface area contributed by atoms with Crippen molar-refractivity contribution < 1.29 is 19.7 Å². The van der Waals surface area contributed by atoms with Crippen molar-refractivity contribution in [3.05, 3.63) is 58.4 Å². The van der Waals surface area contributed by atoms with Gasteiger partial charge in [-0.15, -0.1) is 0 Å². The van der Waals surface area contributed by atoms with E-state index in [4.69, 9.17) is 4.74 Å². The molecule has 0 radical (unpaired) electrons. The van der Waals surface area contributed by atoms with Crippen LogP contribution in [0.25, 0.3) is 10.9 Å². The van der Waals surface area contributed by atoms with Crippen molar-refractivity contribution in [2.45, 2.75) is 25.4 Å². The summed E-state index contributed by atoms with van der Waals surface area (Å²) >= 11 is 1.61. The summed E-state index contributed by atoms with van der Waals surface area (Å²) in [6, 6.07) is 9.42. The summed E-state index contributed by atoms with van der Waals surface area (Å²) < 4.78 is 5.32. The summed E-state index contributed by atoms with van der Waals surface area (Å²) in [7, 11) is 1.61. The van der Waals surface area contributed by atoms with Gasteiger partial charge in [-0.2, -0.15) is 11.3 Å². The van der Waals surface area contributed by atoms with Gasteiger partial charge in [0, 0.05) is 29.1 Å². The lowest BCUT2D eigenvalue weighted by molar-refractivity contribution is -0.146.